The average molecular weight is 480 g/mol. The molecule has 1 atom stereocenters. The molecule has 0 aliphatic carbocycles. The van der Waals surface area contributed by atoms with E-state index in [-0.39, 0.29) is 24.3 Å². The molecule has 1 aliphatic heterocycles. The second-order valence-electron chi connectivity index (χ2n) is 9.97. The molecule has 3 rings (SSSR count). The van der Waals surface area contributed by atoms with E-state index in [1.165, 1.54) is 12.0 Å². The Kier molecular flexibility index (Phi) is 7.63. The number of nitrogens with zero attached hydrogens (tertiary/aromatic N) is 2. The van der Waals surface area contributed by atoms with Crippen LogP contribution in [-0.2, 0) is 26.4 Å². The van der Waals surface area contributed by atoms with Crippen LogP contribution in [0.25, 0.3) is 0 Å². The van der Waals surface area contributed by atoms with Gasteiger partial charge >= 0.3 is 12.1 Å². The molecule has 0 spiro atoms. The van der Waals surface area contributed by atoms with Crippen LogP contribution in [-0.4, -0.2) is 41.5 Å². The van der Waals surface area contributed by atoms with Gasteiger partial charge < -0.3 is 9.47 Å². The summed E-state index contributed by atoms with van der Waals surface area (Å²) in [5, 5.41) is 2.68. The number of guanidine groups is 1. The van der Waals surface area contributed by atoms with Crippen molar-refractivity contribution in [2.24, 2.45) is 10.9 Å². The number of hydrogen-bond donors (Lipinski definition) is 1. The van der Waals surface area contributed by atoms with Gasteiger partial charge in [-0.1, -0.05) is 56.3 Å². The Morgan fingerprint density at radius 3 is 2.37 bits per heavy atom. The van der Waals surface area contributed by atoms with E-state index in [9.17, 15) is 14.4 Å². The number of carbonyl (C=O) groups is 3. The molecular formula is C27H33N3O5. The molecule has 8 heteroatoms. The zero-order valence-corrected chi connectivity index (χ0v) is 21.1. The molecule has 0 saturated carbocycles. The first-order chi connectivity index (χ1) is 16.4. The van der Waals surface area contributed by atoms with Gasteiger partial charge in [-0.05, 0) is 56.4 Å². The van der Waals surface area contributed by atoms with Crippen molar-refractivity contribution in [3.63, 3.8) is 0 Å². The first-order valence-corrected chi connectivity index (χ1v) is 11.6. The molecule has 2 aromatic rings. The van der Waals surface area contributed by atoms with Gasteiger partial charge in [0.2, 0.25) is 5.96 Å². The van der Waals surface area contributed by atoms with Crippen LogP contribution in [0.1, 0.15) is 62.5 Å². The maximum Gasteiger partial charge on any atom is 0.414 e. The van der Waals surface area contributed by atoms with Gasteiger partial charge in [0.1, 0.15) is 5.60 Å². The number of methoxy groups -OCH3 is 1. The topological polar surface area (TPSA) is 97.3 Å². The Balaban J connectivity index is 2.05. The molecule has 35 heavy (non-hydrogen) atoms. The third kappa shape index (κ3) is 6.07. The number of ether oxygens (including phenoxy) is 2. The van der Waals surface area contributed by atoms with Crippen LogP contribution in [0, 0.1) is 5.92 Å². The van der Waals surface area contributed by atoms with Gasteiger partial charge in [0.15, 0.2) is 5.54 Å². The van der Waals surface area contributed by atoms with Crippen LogP contribution in [0.2, 0.25) is 0 Å². The number of hydrogen-bond acceptors (Lipinski definition) is 6. The highest BCUT2D eigenvalue weighted by molar-refractivity contribution is 6.11. The highest BCUT2D eigenvalue weighted by atomic mass is 16.6. The van der Waals surface area contributed by atoms with Crippen molar-refractivity contribution in [1.82, 2.24) is 10.2 Å². The summed E-state index contributed by atoms with van der Waals surface area (Å²) in [5.74, 6) is -0.476. The second-order valence-corrected chi connectivity index (χ2v) is 9.97. The summed E-state index contributed by atoms with van der Waals surface area (Å²) in [6, 6.07) is 16.2. The van der Waals surface area contributed by atoms with Crippen molar-refractivity contribution in [3.8, 4) is 0 Å². The van der Waals surface area contributed by atoms with Crippen LogP contribution >= 0.6 is 0 Å². The van der Waals surface area contributed by atoms with Crippen LogP contribution < -0.4 is 5.32 Å². The van der Waals surface area contributed by atoms with Gasteiger partial charge in [0, 0.05) is 0 Å². The zero-order chi connectivity index (χ0) is 25.8. The maximum atomic E-state index is 14.0. The molecule has 1 aliphatic rings. The average Bonchev–Trinajstić information content (AvgIpc) is 3.03. The number of carbonyl (C=O) groups excluding carboxylic acids is 3. The number of benzene rings is 2. The molecule has 0 radical (unpaired) electrons. The Hall–Kier alpha value is -3.68. The normalized spacial score (nSPS) is 17.9. The SMILES string of the molecule is COC(=O)c1cccc(CN2C(=O)[C@](CC(C)C)(c3ccccc3)N=C2NC(=O)OC(C)(C)C)c1. The number of alkyl carbamates (subject to hydrolysis) is 1. The molecule has 1 N–H and O–H groups in total. The lowest BCUT2D eigenvalue weighted by molar-refractivity contribution is -0.132. The molecule has 186 valence electrons. The van der Waals surface area contributed by atoms with Gasteiger partial charge in [-0.25, -0.2) is 14.6 Å². The van der Waals surface area contributed by atoms with E-state index in [0.29, 0.717) is 17.5 Å². The van der Waals surface area contributed by atoms with Crippen molar-refractivity contribution in [1.29, 1.82) is 0 Å². The summed E-state index contributed by atoms with van der Waals surface area (Å²) in [6.07, 6.45) is -0.251. The number of amides is 2. The summed E-state index contributed by atoms with van der Waals surface area (Å²) >= 11 is 0. The van der Waals surface area contributed by atoms with E-state index in [1.807, 2.05) is 44.2 Å². The van der Waals surface area contributed by atoms with Gasteiger partial charge in [-0.3, -0.25) is 15.0 Å². The fourth-order valence-corrected chi connectivity index (χ4v) is 4.09. The minimum atomic E-state index is -1.19. The lowest BCUT2D eigenvalue weighted by Gasteiger charge is -2.28. The van der Waals surface area contributed by atoms with E-state index in [2.05, 4.69) is 5.32 Å². The van der Waals surface area contributed by atoms with Crippen molar-refractivity contribution in [2.75, 3.05) is 7.11 Å². The first-order valence-electron chi connectivity index (χ1n) is 11.6. The standard InChI is InChI=1S/C27H33N3O5/c1-18(2)16-27(21-13-8-7-9-14-21)23(32)30(24(29-27)28-25(33)35-26(3,4)5)17-19-11-10-12-20(15-19)22(31)34-6/h7-15,18H,16-17H2,1-6H3,(H,28,29,33)/t27-/m0/s1. The van der Waals surface area contributed by atoms with Crippen molar-refractivity contribution < 1.29 is 23.9 Å². The summed E-state index contributed by atoms with van der Waals surface area (Å²) in [6.45, 7) is 9.44. The Labute approximate surface area is 206 Å². The third-order valence-corrected chi connectivity index (χ3v) is 5.41. The molecule has 1 heterocycles. The van der Waals surface area contributed by atoms with Crippen molar-refractivity contribution in [3.05, 3.63) is 71.3 Å². The predicted octanol–water partition coefficient (Wildman–Crippen LogP) is 4.64. The molecular weight excluding hydrogens is 446 g/mol. The van der Waals surface area contributed by atoms with Crippen molar-refractivity contribution >= 4 is 23.9 Å². The largest absolute Gasteiger partial charge is 0.465 e. The molecule has 0 bridgehead atoms. The van der Waals surface area contributed by atoms with Crippen LogP contribution in [0.5, 0.6) is 0 Å². The number of rotatable bonds is 6. The number of aliphatic imine (C=N–C) groups is 1. The zero-order valence-electron chi connectivity index (χ0n) is 21.1. The second kappa shape index (κ2) is 10.3. The van der Waals surface area contributed by atoms with Crippen molar-refractivity contribution in [2.45, 2.75) is 58.7 Å². The monoisotopic (exact) mass is 479 g/mol. The maximum absolute atomic E-state index is 14.0. The minimum Gasteiger partial charge on any atom is -0.465 e. The van der Waals surface area contributed by atoms with Crippen LogP contribution in [0.4, 0.5) is 4.79 Å². The van der Waals surface area contributed by atoms with Gasteiger partial charge in [0.25, 0.3) is 5.91 Å². The molecule has 0 saturated heterocycles. The van der Waals surface area contributed by atoms with Crippen LogP contribution in [0.15, 0.2) is 59.6 Å². The van der Waals surface area contributed by atoms with Gasteiger partial charge in [-0.15, -0.1) is 0 Å². The summed E-state index contributed by atoms with van der Waals surface area (Å²) in [7, 11) is 1.31. The fraction of sp³-hybridized carbons (Fsp3) is 0.407. The molecule has 0 unspecified atom stereocenters. The summed E-state index contributed by atoms with van der Waals surface area (Å²) < 4.78 is 10.2. The van der Waals surface area contributed by atoms with Gasteiger partial charge in [-0.2, -0.15) is 0 Å². The number of nitrogens with one attached hydrogen (secondary N) is 1. The summed E-state index contributed by atoms with van der Waals surface area (Å²) in [4.78, 5) is 45.0. The molecule has 0 fully saturated rings. The predicted molar refractivity (Wildman–Crippen MR) is 133 cm³/mol. The van der Waals surface area contributed by atoms with E-state index in [1.54, 1.807) is 45.0 Å². The van der Waals surface area contributed by atoms with E-state index < -0.39 is 23.2 Å². The highest BCUT2D eigenvalue weighted by Crippen LogP contribution is 2.39. The number of esters is 1. The van der Waals surface area contributed by atoms with E-state index in [0.717, 1.165) is 5.56 Å². The Morgan fingerprint density at radius 2 is 1.77 bits per heavy atom. The Bertz CT molecular complexity index is 1120. The molecule has 2 aromatic carbocycles. The lowest BCUT2D eigenvalue weighted by atomic mass is 9.82. The fourth-order valence-electron chi connectivity index (χ4n) is 4.09. The molecule has 8 nitrogen and oxygen atoms in total. The Morgan fingerprint density at radius 1 is 1.09 bits per heavy atom. The highest BCUT2D eigenvalue weighted by Gasteiger charge is 2.50. The lowest BCUT2D eigenvalue weighted by Crippen LogP contribution is -2.47. The smallest absolute Gasteiger partial charge is 0.414 e. The van der Waals surface area contributed by atoms with Gasteiger partial charge in [0.05, 0.1) is 19.2 Å². The molecule has 0 aromatic heterocycles. The van der Waals surface area contributed by atoms with E-state index in [4.69, 9.17) is 14.5 Å². The molecule has 2 amide bonds. The summed E-state index contributed by atoms with van der Waals surface area (Å²) in [5.41, 5.74) is -0.116. The van der Waals surface area contributed by atoms with E-state index >= 15 is 0 Å². The van der Waals surface area contributed by atoms with Crippen LogP contribution in [0.3, 0.4) is 0 Å². The third-order valence-electron chi connectivity index (χ3n) is 5.41. The minimum absolute atomic E-state index is 0.102. The first kappa shape index (κ1) is 25.9. The quantitative estimate of drug-likeness (QED) is 0.609.